The Morgan fingerprint density at radius 2 is 1.90 bits per heavy atom. The predicted octanol–water partition coefficient (Wildman–Crippen LogP) is 2.91. The second-order valence-corrected chi connectivity index (χ2v) is 4.27. The molecule has 0 aliphatic carbocycles. The van der Waals surface area contributed by atoms with Gasteiger partial charge in [-0.15, -0.1) is 0 Å². The number of alkyl halides is 3. The third kappa shape index (κ3) is 3.10. The smallest absolute Gasteiger partial charge is 0.417 e. The summed E-state index contributed by atoms with van der Waals surface area (Å²) < 4.78 is 39.1. The molecule has 1 aromatic carbocycles. The van der Waals surface area contributed by atoms with Gasteiger partial charge in [0.05, 0.1) is 11.1 Å². The van der Waals surface area contributed by atoms with Crippen molar-refractivity contribution in [3.05, 3.63) is 35.5 Å². The van der Waals surface area contributed by atoms with Crippen molar-refractivity contribution in [1.82, 2.24) is 4.98 Å². The fourth-order valence-corrected chi connectivity index (χ4v) is 1.86. The summed E-state index contributed by atoms with van der Waals surface area (Å²) in [4.78, 5) is 25.5. The molecule has 5 nitrogen and oxygen atoms in total. The minimum absolute atomic E-state index is 0.0997. The van der Waals surface area contributed by atoms with Crippen LogP contribution in [0.1, 0.15) is 23.0 Å². The van der Waals surface area contributed by atoms with Crippen LogP contribution in [0.4, 0.5) is 18.9 Å². The van der Waals surface area contributed by atoms with E-state index >= 15 is 0 Å². The number of aromatic carboxylic acids is 1. The average Bonchev–Trinajstić information content (AvgIpc) is 2.35. The molecule has 2 N–H and O–H groups in total. The Kier molecular flexibility index (Phi) is 3.54. The van der Waals surface area contributed by atoms with E-state index in [0.29, 0.717) is 0 Å². The van der Waals surface area contributed by atoms with Gasteiger partial charge in [-0.3, -0.25) is 4.79 Å². The number of pyridine rings is 1. The molecule has 0 aliphatic rings. The molecule has 0 saturated heterocycles. The van der Waals surface area contributed by atoms with Crippen molar-refractivity contribution in [2.45, 2.75) is 13.1 Å². The molecule has 0 aliphatic heterocycles. The first-order valence-corrected chi connectivity index (χ1v) is 5.71. The number of rotatable bonds is 2. The van der Waals surface area contributed by atoms with Gasteiger partial charge >= 0.3 is 12.1 Å². The van der Waals surface area contributed by atoms with Gasteiger partial charge in [0.1, 0.15) is 5.69 Å². The summed E-state index contributed by atoms with van der Waals surface area (Å²) in [5.41, 5.74) is -1.63. The zero-order chi connectivity index (χ0) is 15.8. The molecule has 0 radical (unpaired) electrons. The minimum Gasteiger partial charge on any atom is -0.477 e. The quantitative estimate of drug-likeness (QED) is 0.893. The second-order valence-electron chi connectivity index (χ2n) is 4.27. The molecule has 0 unspecified atom stereocenters. The molecule has 2 aromatic rings. The van der Waals surface area contributed by atoms with Gasteiger partial charge in [0, 0.05) is 18.0 Å². The Bertz CT molecular complexity index is 741. The zero-order valence-corrected chi connectivity index (χ0v) is 10.7. The molecule has 1 aromatic heterocycles. The summed E-state index contributed by atoms with van der Waals surface area (Å²) in [6.07, 6.45) is -4.65. The summed E-state index contributed by atoms with van der Waals surface area (Å²) in [7, 11) is 0. The Morgan fingerprint density at radius 3 is 2.43 bits per heavy atom. The highest BCUT2D eigenvalue weighted by Crippen LogP contribution is 2.36. The summed E-state index contributed by atoms with van der Waals surface area (Å²) in [6, 6.07) is 4.02. The molecule has 110 valence electrons. The SMILES string of the molecule is CC(=O)Nc1cc(C(F)(F)F)c2ccc(C(=O)O)nc2c1. The molecule has 0 saturated carbocycles. The van der Waals surface area contributed by atoms with Gasteiger partial charge in [-0.2, -0.15) is 13.2 Å². The molecular weight excluding hydrogens is 289 g/mol. The monoisotopic (exact) mass is 298 g/mol. The lowest BCUT2D eigenvalue weighted by Crippen LogP contribution is -2.11. The molecule has 0 fully saturated rings. The van der Waals surface area contributed by atoms with E-state index in [0.717, 1.165) is 25.1 Å². The standard InChI is InChI=1S/C13H9F3N2O3/c1-6(19)17-7-4-9(13(14,15)16)8-2-3-10(12(20)21)18-11(8)5-7/h2-5H,1H3,(H,17,19)(H,20,21). The van der Waals surface area contributed by atoms with Crippen LogP contribution >= 0.6 is 0 Å². The Balaban J connectivity index is 2.74. The number of aromatic nitrogens is 1. The maximum Gasteiger partial charge on any atom is 0.417 e. The largest absolute Gasteiger partial charge is 0.477 e. The van der Waals surface area contributed by atoms with Crippen molar-refractivity contribution in [1.29, 1.82) is 0 Å². The van der Waals surface area contributed by atoms with Gasteiger partial charge < -0.3 is 10.4 Å². The maximum atomic E-state index is 13.0. The Labute approximate surface area is 116 Å². The van der Waals surface area contributed by atoms with Crippen LogP contribution in [0.15, 0.2) is 24.3 Å². The summed E-state index contributed by atoms with van der Waals surface area (Å²) >= 11 is 0. The molecule has 1 amide bonds. The van der Waals surface area contributed by atoms with E-state index in [2.05, 4.69) is 10.3 Å². The third-order valence-electron chi connectivity index (χ3n) is 2.65. The Morgan fingerprint density at radius 1 is 1.24 bits per heavy atom. The van der Waals surface area contributed by atoms with E-state index in [4.69, 9.17) is 5.11 Å². The van der Waals surface area contributed by atoms with Crippen molar-refractivity contribution in [3.63, 3.8) is 0 Å². The van der Waals surface area contributed by atoms with Crippen LogP contribution in [-0.4, -0.2) is 22.0 Å². The predicted molar refractivity (Wildman–Crippen MR) is 68.0 cm³/mol. The average molecular weight is 298 g/mol. The number of benzene rings is 1. The number of carboxylic acids is 1. The number of carbonyl (C=O) groups is 2. The first-order valence-electron chi connectivity index (χ1n) is 5.71. The normalized spacial score (nSPS) is 11.4. The molecule has 0 atom stereocenters. The molecule has 21 heavy (non-hydrogen) atoms. The van der Waals surface area contributed by atoms with Crippen LogP contribution in [0.2, 0.25) is 0 Å². The number of carbonyl (C=O) groups excluding carboxylic acids is 1. The Hall–Kier alpha value is -2.64. The van der Waals surface area contributed by atoms with Crippen molar-refractivity contribution in [2.24, 2.45) is 0 Å². The highest BCUT2D eigenvalue weighted by atomic mass is 19.4. The highest BCUT2D eigenvalue weighted by Gasteiger charge is 2.33. The van der Waals surface area contributed by atoms with Gasteiger partial charge in [-0.25, -0.2) is 9.78 Å². The van der Waals surface area contributed by atoms with Crippen molar-refractivity contribution in [2.75, 3.05) is 5.32 Å². The van der Waals surface area contributed by atoms with Crippen molar-refractivity contribution in [3.8, 4) is 0 Å². The van der Waals surface area contributed by atoms with Crippen LogP contribution in [0.3, 0.4) is 0 Å². The summed E-state index contributed by atoms with van der Waals surface area (Å²) in [6.45, 7) is 1.15. The molecule has 2 rings (SSSR count). The van der Waals surface area contributed by atoms with Gasteiger partial charge in [0.25, 0.3) is 0 Å². The second kappa shape index (κ2) is 5.04. The highest BCUT2D eigenvalue weighted by molar-refractivity contribution is 5.95. The van der Waals surface area contributed by atoms with Gasteiger partial charge in [-0.05, 0) is 24.3 Å². The first-order chi connectivity index (χ1) is 9.68. The summed E-state index contributed by atoms with van der Waals surface area (Å²) in [5, 5.41) is 10.8. The number of hydrogen-bond donors (Lipinski definition) is 2. The number of hydrogen-bond acceptors (Lipinski definition) is 3. The lowest BCUT2D eigenvalue weighted by atomic mass is 10.1. The maximum absolute atomic E-state index is 13.0. The third-order valence-corrected chi connectivity index (χ3v) is 2.65. The number of halogens is 3. The van der Waals surface area contributed by atoms with Gasteiger partial charge in [0.15, 0.2) is 0 Å². The number of nitrogens with one attached hydrogen (secondary N) is 1. The van der Waals surface area contributed by atoms with Gasteiger partial charge in [-0.1, -0.05) is 0 Å². The van der Waals surface area contributed by atoms with E-state index in [9.17, 15) is 22.8 Å². The lowest BCUT2D eigenvalue weighted by molar-refractivity contribution is -0.136. The van der Waals surface area contributed by atoms with E-state index in [-0.39, 0.29) is 22.3 Å². The number of amides is 1. The molecular formula is C13H9F3N2O3. The molecule has 8 heteroatoms. The van der Waals surface area contributed by atoms with Crippen LogP contribution in [0, 0.1) is 0 Å². The fraction of sp³-hybridized carbons (Fsp3) is 0.154. The minimum atomic E-state index is -4.65. The van der Waals surface area contributed by atoms with Crippen molar-refractivity contribution >= 4 is 28.5 Å². The van der Waals surface area contributed by atoms with E-state index in [1.54, 1.807) is 0 Å². The van der Waals surface area contributed by atoms with E-state index in [1.807, 2.05) is 0 Å². The van der Waals surface area contributed by atoms with Gasteiger partial charge in [0.2, 0.25) is 5.91 Å². The molecule has 1 heterocycles. The lowest BCUT2D eigenvalue weighted by Gasteiger charge is -2.13. The van der Waals surface area contributed by atoms with E-state index < -0.39 is 23.6 Å². The molecule has 0 bridgehead atoms. The van der Waals surface area contributed by atoms with Crippen LogP contribution in [0.25, 0.3) is 10.9 Å². The van der Waals surface area contributed by atoms with Crippen LogP contribution in [-0.2, 0) is 11.0 Å². The van der Waals surface area contributed by atoms with Crippen LogP contribution in [0.5, 0.6) is 0 Å². The summed E-state index contributed by atoms with van der Waals surface area (Å²) in [5.74, 6) is -1.90. The zero-order valence-electron chi connectivity index (χ0n) is 10.7. The topological polar surface area (TPSA) is 79.3 Å². The van der Waals surface area contributed by atoms with Crippen molar-refractivity contribution < 1.29 is 27.9 Å². The fourth-order valence-electron chi connectivity index (χ4n) is 1.86. The van der Waals surface area contributed by atoms with E-state index in [1.165, 1.54) is 6.07 Å². The number of anilines is 1. The van der Waals surface area contributed by atoms with Crippen LogP contribution < -0.4 is 5.32 Å². The number of carboxylic acid groups (broad SMARTS) is 1. The number of fused-ring (bicyclic) bond motifs is 1. The first kappa shape index (κ1) is 14.8. The number of nitrogens with zero attached hydrogens (tertiary/aromatic N) is 1. The molecule has 0 spiro atoms.